The van der Waals surface area contributed by atoms with E-state index in [4.69, 9.17) is 0 Å². The molecule has 0 spiro atoms. The van der Waals surface area contributed by atoms with Crippen LogP contribution in [0.1, 0.15) is 52.7 Å². The lowest BCUT2D eigenvalue weighted by molar-refractivity contribution is 0.0794. The molecule has 1 radical (unpaired) electrons. The molecular formula is C27H27FNO3. The van der Waals surface area contributed by atoms with Crippen molar-refractivity contribution in [2.24, 2.45) is 5.92 Å². The number of phenols is 2. The first-order chi connectivity index (χ1) is 15.3. The fourth-order valence-electron chi connectivity index (χ4n) is 5.18. The molecule has 1 saturated heterocycles. The lowest BCUT2D eigenvalue weighted by Gasteiger charge is -2.46. The Kier molecular flexibility index (Phi) is 6.02. The number of hydrogen-bond acceptors (Lipinski definition) is 4. The number of piperidine rings is 1. The van der Waals surface area contributed by atoms with Crippen molar-refractivity contribution in [3.63, 3.8) is 0 Å². The van der Waals surface area contributed by atoms with Gasteiger partial charge in [0, 0.05) is 35.4 Å². The first kappa shape index (κ1) is 22.0. The number of carbonyl (C=O) groups excluding carboxylic acids is 1. The van der Waals surface area contributed by atoms with Crippen LogP contribution in [-0.2, 0) is 0 Å². The van der Waals surface area contributed by atoms with E-state index in [9.17, 15) is 19.4 Å². The van der Waals surface area contributed by atoms with Crippen LogP contribution in [0.25, 0.3) is 0 Å². The van der Waals surface area contributed by atoms with Crippen LogP contribution in [0.3, 0.4) is 0 Å². The van der Waals surface area contributed by atoms with Gasteiger partial charge in [-0.2, -0.15) is 0 Å². The Bertz CT molecular complexity index is 1130. The Morgan fingerprint density at radius 1 is 0.969 bits per heavy atom. The highest BCUT2D eigenvalue weighted by Crippen LogP contribution is 2.47. The molecule has 3 aromatic rings. The number of benzene rings is 3. The Morgan fingerprint density at radius 2 is 1.72 bits per heavy atom. The van der Waals surface area contributed by atoms with Gasteiger partial charge in [0.25, 0.3) is 0 Å². The second kappa shape index (κ2) is 8.75. The van der Waals surface area contributed by atoms with Crippen LogP contribution in [0.15, 0.2) is 60.7 Å². The van der Waals surface area contributed by atoms with Crippen LogP contribution >= 0.6 is 0 Å². The van der Waals surface area contributed by atoms with Crippen LogP contribution in [0.5, 0.6) is 11.5 Å². The lowest BCUT2D eigenvalue weighted by atomic mass is 9.63. The maximum absolute atomic E-state index is 14.6. The monoisotopic (exact) mass is 432 g/mol. The van der Waals surface area contributed by atoms with Crippen LogP contribution in [0.4, 0.5) is 4.39 Å². The van der Waals surface area contributed by atoms with E-state index in [1.54, 1.807) is 31.2 Å². The van der Waals surface area contributed by atoms with E-state index in [1.165, 1.54) is 24.3 Å². The molecule has 0 saturated carbocycles. The Hall–Kier alpha value is -3.18. The normalized spacial score (nSPS) is 25.4. The number of aromatic hydroxyl groups is 2. The summed E-state index contributed by atoms with van der Waals surface area (Å²) >= 11 is 0. The lowest BCUT2D eigenvalue weighted by Crippen LogP contribution is -2.55. The highest BCUT2D eigenvalue weighted by atomic mass is 19.1. The number of carbonyl (C=O) groups is 1. The van der Waals surface area contributed by atoms with E-state index in [-0.39, 0.29) is 47.0 Å². The topological polar surface area (TPSA) is 69.6 Å². The van der Waals surface area contributed by atoms with Gasteiger partial charge in [0.05, 0.1) is 0 Å². The second-order valence-corrected chi connectivity index (χ2v) is 8.69. The smallest absolute Gasteiger partial charge is 0.168 e. The van der Waals surface area contributed by atoms with Gasteiger partial charge in [0.1, 0.15) is 17.3 Å². The maximum Gasteiger partial charge on any atom is 0.168 e. The van der Waals surface area contributed by atoms with Crippen molar-refractivity contribution in [1.82, 2.24) is 5.32 Å². The number of Topliss-reactive ketones (excluding diaryl/α,β-unsaturated/α-hetero) is 1. The van der Waals surface area contributed by atoms with Crippen LogP contribution in [0, 0.1) is 24.7 Å². The molecule has 0 aliphatic carbocycles. The second-order valence-electron chi connectivity index (χ2n) is 8.69. The van der Waals surface area contributed by atoms with Gasteiger partial charge in [-0.15, -0.1) is 0 Å². The summed E-state index contributed by atoms with van der Waals surface area (Å²) in [5, 5.41) is 23.2. The zero-order valence-corrected chi connectivity index (χ0v) is 18.3. The third kappa shape index (κ3) is 4.00. The van der Waals surface area contributed by atoms with Crippen molar-refractivity contribution in [3.8, 4) is 11.5 Å². The maximum atomic E-state index is 14.6. The highest BCUT2D eigenvalue weighted by molar-refractivity contribution is 5.99. The summed E-state index contributed by atoms with van der Waals surface area (Å²) in [6.45, 7) is 5.77. The fraction of sp³-hybridized carbons (Fsp3) is 0.296. The zero-order valence-electron chi connectivity index (χ0n) is 18.3. The Morgan fingerprint density at radius 3 is 2.41 bits per heavy atom. The number of halogens is 1. The molecule has 1 heterocycles. The van der Waals surface area contributed by atoms with Gasteiger partial charge in [-0.05, 0) is 73.9 Å². The van der Waals surface area contributed by atoms with E-state index in [1.807, 2.05) is 19.1 Å². The molecule has 5 atom stereocenters. The first-order valence-corrected chi connectivity index (χ1v) is 10.8. The molecule has 0 amide bonds. The van der Waals surface area contributed by atoms with E-state index in [2.05, 4.69) is 18.3 Å². The molecule has 5 heteroatoms. The number of phenolic OH excluding ortho intramolecular Hbond substituents is 2. The molecule has 32 heavy (non-hydrogen) atoms. The predicted octanol–water partition coefficient (Wildman–Crippen LogP) is 5.09. The van der Waals surface area contributed by atoms with E-state index < -0.39 is 5.92 Å². The molecule has 1 fully saturated rings. The number of nitrogens with one attached hydrogen (secondary N) is 1. The fourth-order valence-corrected chi connectivity index (χ4v) is 5.18. The molecule has 3 aromatic carbocycles. The Balaban J connectivity index is 1.90. The third-order valence-corrected chi connectivity index (χ3v) is 6.66. The molecule has 0 bridgehead atoms. The summed E-state index contributed by atoms with van der Waals surface area (Å²) in [5.41, 5.74) is 2.58. The van der Waals surface area contributed by atoms with Gasteiger partial charge in [-0.25, -0.2) is 4.39 Å². The summed E-state index contributed by atoms with van der Waals surface area (Å²) in [5.74, 6) is -1.28. The van der Waals surface area contributed by atoms with Gasteiger partial charge in [-0.1, -0.05) is 30.3 Å². The molecule has 1 aliphatic rings. The average molecular weight is 433 g/mol. The number of rotatable bonds is 4. The van der Waals surface area contributed by atoms with Crippen molar-refractivity contribution < 1.29 is 19.4 Å². The van der Waals surface area contributed by atoms with Crippen molar-refractivity contribution in [2.45, 2.75) is 44.7 Å². The molecule has 1 aliphatic heterocycles. The summed E-state index contributed by atoms with van der Waals surface area (Å²) < 4.78 is 14.6. The highest BCUT2D eigenvalue weighted by Gasteiger charge is 2.46. The zero-order chi connectivity index (χ0) is 23.0. The number of hydrogen-bond donors (Lipinski definition) is 3. The predicted molar refractivity (Wildman–Crippen MR) is 122 cm³/mol. The van der Waals surface area contributed by atoms with Gasteiger partial charge in [0.2, 0.25) is 0 Å². The average Bonchev–Trinajstić information content (AvgIpc) is 2.76. The van der Waals surface area contributed by atoms with Crippen LogP contribution in [0.2, 0.25) is 0 Å². The van der Waals surface area contributed by atoms with Crippen molar-refractivity contribution >= 4 is 5.78 Å². The SMILES string of the molecule is Cc1c(F)cccc1[C@H]1[C@@H](C(=O)c2cccc(O)c2)[C@H](C)N[C@H](C)[C@@H]1c1[c]cc(O)cc1. The minimum atomic E-state index is -0.499. The largest absolute Gasteiger partial charge is 0.508 e. The van der Waals surface area contributed by atoms with Gasteiger partial charge in [-0.3, -0.25) is 4.79 Å². The van der Waals surface area contributed by atoms with Crippen molar-refractivity contribution in [3.05, 3.63) is 94.8 Å². The first-order valence-electron chi connectivity index (χ1n) is 10.8. The van der Waals surface area contributed by atoms with Crippen molar-refractivity contribution in [2.75, 3.05) is 0 Å². The molecule has 4 rings (SSSR count). The summed E-state index contributed by atoms with van der Waals surface area (Å²) in [7, 11) is 0. The molecule has 3 N–H and O–H groups in total. The quantitative estimate of drug-likeness (QED) is 0.502. The van der Waals surface area contributed by atoms with E-state index in [0.717, 1.165) is 11.1 Å². The summed E-state index contributed by atoms with van der Waals surface area (Å²) in [6, 6.07) is 19.3. The summed E-state index contributed by atoms with van der Waals surface area (Å²) in [4.78, 5) is 13.8. The van der Waals surface area contributed by atoms with Crippen molar-refractivity contribution in [1.29, 1.82) is 0 Å². The number of ketones is 1. The van der Waals surface area contributed by atoms with Gasteiger partial charge >= 0.3 is 0 Å². The van der Waals surface area contributed by atoms with Gasteiger partial charge < -0.3 is 15.5 Å². The summed E-state index contributed by atoms with van der Waals surface area (Å²) in [6.07, 6.45) is 0. The minimum Gasteiger partial charge on any atom is -0.508 e. The van der Waals surface area contributed by atoms with Crippen LogP contribution in [-0.4, -0.2) is 28.1 Å². The third-order valence-electron chi connectivity index (χ3n) is 6.66. The molecule has 4 nitrogen and oxygen atoms in total. The van der Waals surface area contributed by atoms with Gasteiger partial charge in [0.15, 0.2) is 5.78 Å². The molecule has 165 valence electrons. The molecular weight excluding hydrogens is 405 g/mol. The molecule has 0 aromatic heterocycles. The standard InChI is InChI=1S/C27H27FNO3/c1-15-22(8-5-9-23(15)28)26-24(18-10-12-20(30)13-11-18)16(2)29-17(3)25(26)27(32)19-6-4-7-21(31)14-19/h4-10,12-14,16-17,24-26,29-31H,1-3H3/t16-,17+,24-,25+,26-/m1/s1. The Labute approximate surface area is 187 Å². The molecule has 0 unspecified atom stereocenters. The van der Waals surface area contributed by atoms with E-state index >= 15 is 0 Å². The van der Waals surface area contributed by atoms with E-state index in [0.29, 0.717) is 11.1 Å². The minimum absolute atomic E-state index is 0.0216. The van der Waals surface area contributed by atoms with Crippen LogP contribution < -0.4 is 5.32 Å².